The van der Waals surface area contributed by atoms with Crippen molar-refractivity contribution in [1.29, 1.82) is 0 Å². The predicted molar refractivity (Wildman–Crippen MR) is 99.4 cm³/mol. The third-order valence-corrected chi connectivity index (χ3v) is 3.29. The SMILES string of the molecule is C[C@H](COc1cccc(-c2cccc(C=O)c2)n1)NC(=O)OC(C)(C)C. The number of amides is 1. The Morgan fingerprint density at radius 3 is 2.65 bits per heavy atom. The zero-order valence-electron chi connectivity index (χ0n) is 15.5. The standard InChI is InChI=1S/C20H24N2O4/c1-14(21-19(24)26-20(2,3)4)13-25-18-10-6-9-17(22-18)16-8-5-7-15(11-16)12-23/h5-12,14H,13H2,1-4H3,(H,21,24)/t14-/m1/s1. The Balaban J connectivity index is 1.96. The van der Waals surface area contributed by atoms with Gasteiger partial charge in [0.25, 0.3) is 0 Å². The van der Waals surface area contributed by atoms with Crippen LogP contribution in [0.2, 0.25) is 0 Å². The normalized spacial score (nSPS) is 12.2. The van der Waals surface area contributed by atoms with Crippen molar-refractivity contribution in [3.63, 3.8) is 0 Å². The van der Waals surface area contributed by atoms with Gasteiger partial charge in [-0.3, -0.25) is 4.79 Å². The second-order valence-electron chi connectivity index (χ2n) is 6.96. The molecule has 1 atom stereocenters. The van der Waals surface area contributed by atoms with Gasteiger partial charge in [-0.2, -0.15) is 0 Å². The number of nitrogens with one attached hydrogen (secondary N) is 1. The fourth-order valence-electron chi connectivity index (χ4n) is 2.19. The molecule has 1 aromatic carbocycles. The Morgan fingerprint density at radius 1 is 1.23 bits per heavy atom. The number of benzene rings is 1. The Labute approximate surface area is 153 Å². The second-order valence-corrected chi connectivity index (χ2v) is 6.96. The number of hydrogen-bond donors (Lipinski definition) is 1. The maximum atomic E-state index is 11.7. The predicted octanol–water partition coefficient (Wildman–Crippen LogP) is 3.85. The van der Waals surface area contributed by atoms with Gasteiger partial charge in [0, 0.05) is 17.2 Å². The molecule has 1 aromatic heterocycles. The average Bonchev–Trinajstić information content (AvgIpc) is 2.58. The number of rotatable bonds is 6. The molecule has 0 aliphatic carbocycles. The second kappa shape index (κ2) is 8.47. The first kappa shape index (κ1) is 19.4. The molecule has 0 unspecified atom stereocenters. The van der Waals surface area contributed by atoms with Crippen LogP contribution in [0.1, 0.15) is 38.1 Å². The molecule has 2 rings (SSSR count). The molecule has 0 saturated carbocycles. The van der Waals surface area contributed by atoms with Crippen molar-refractivity contribution < 1.29 is 19.1 Å². The summed E-state index contributed by atoms with van der Waals surface area (Å²) in [5, 5.41) is 2.72. The zero-order valence-corrected chi connectivity index (χ0v) is 15.5. The summed E-state index contributed by atoms with van der Waals surface area (Å²) >= 11 is 0. The van der Waals surface area contributed by atoms with Crippen LogP contribution in [0.15, 0.2) is 42.5 Å². The van der Waals surface area contributed by atoms with Crippen LogP contribution in [0.3, 0.4) is 0 Å². The number of aromatic nitrogens is 1. The number of pyridine rings is 1. The van der Waals surface area contributed by atoms with Crippen molar-refractivity contribution in [2.45, 2.75) is 39.3 Å². The maximum Gasteiger partial charge on any atom is 0.407 e. The number of nitrogens with zero attached hydrogens (tertiary/aromatic N) is 1. The molecule has 0 bridgehead atoms. The van der Waals surface area contributed by atoms with Crippen LogP contribution in [-0.4, -0.2) is 35.6 Å². The Kier molecular flexibility index (Phi) is 6.33. The van der Waals surface area contributed by atoms with Gasteiger partial charge in [0.1, 0.15) is 18.5 Å². The summed E-state index contributed by atoms with van der Waals surface area (Å²) in [6.07, 6.45) is 0.314. The van der Waals surface area contributed by atoms with Crippen LogP contribution in [-0.2, 0) is 4.74 Å². The molecular formula is C20H24N2O4. The minimum absolute atomic E-state index is 0.242. The van der Waals surface area contributed by atoms with Crippen molar-refractivity contribution in [2.75, 3.05) is 6.61 Å². The van der Waals surface area contributed by atoms with E-state index in [9.17, 15) is 9.59 Å². The highest BCUT2D eigenvalue weighted by molar-refractivity contribution is 5.78. The van der Waals surface area contributed by atoms with Gasteiger partial charge in [0.15, 0.2) is 0 Å². The molecular weight excluding hydrogens is 332 g/mol. The van der Waals surface area contributed by atoms with Crippen LogP contribution in [0.4, 0.5) is 4.79 Å². The van der Waals surface area contributed by atoms with E-state index < -0.39 is 11.7 Å². The molecule has 0 spiro atoms. The molecule has 6 heteroatoms. The minimum Gasteiger partial charge on any atom is -0.475 e. The molecule has 0 fully saturated rings. The number of carbonyl (C=O) groups is 2. The third kappa shape index (κ3) is 6.20. The Bertz CT molecular complexity index is 768. The molecule has 1 N–H and O–H groups in total. The number of carbonyl (C=O) groups excluding carboxylic acids is 2. The highest BCUT2D eigenvalue weighted by Crippen LogP contribution is 2.20. The molecule has 1 amide bonds. The summed E-state index contributed by atoms with van der Waals surface area (Å²) in [6.45, 7) is 7.50. The van der Waals surface area contributed by atoms with Gasteiger partial charge >= 0.3 is 6.09 Å². The molecule has 0 saturated heterocycles. The van der Waals surface area contributed by atoms with Crippen molar-refractivity contribution in [3.05, 3.63) is 48.0 Å². The summed E-state index contributed by atoms with van der Waals surface area (Å²) in [7, 11) is 0. The van der Waals surface area contributed by atoms with E-state index in [0.29, 0.717) is 17.1 Å². The van der Waals surface area contributed by atoms with Crippen LogP contribution < -0.4 is 10.1 Å². The van der Waals surface area contributed by atoms with E-state index in [1.54, 1.807) is 24.3 Å². The van der Waals surface area contributed by atoms with Crippen molar-refractivity contribution in [2.24, 2.45) is 0 Å². The van der Waals surface area contributed by atoms with E-state index >= 15 is 0 Å². The minimum atomic E-state index is -0.545. The fourth-order valence-corrected chi connectivity index (χ4v) is 2.19. The van der Waals surface area contributed by atoms with E-state index in [1.807, 2.05) is 45.9 Å². The largest absolute Gasteiger partial charge is 0.475 e. The maximum absolute atomic E-state index is 11.7. The van der Waals surface area contributed by atoms with Crippen LogP contribution in [0.25, 0.3) is 11.3 Å². The quantitative estimate of drug-likeness (QED) is 0.796. The third-order valence-electron chi connectivity index (χ3n) is 3.29. The first-order chi connectivity index (χ1) is 12.3. The zero-order chi connectivity index (χ0) is 19.2. The molecule has 0 radical (unpaired) electrons. The lowest BCUT2D eigenvalue weighted by Crippen LogP contribution is -2.40. The first-order valence-corrected chi connectivity index (χ1v) is 8.42. The summed E-state index contributed by atoms with van der Waals surface area (Å²) in [6, 6.07) is 12.4. The lowest BCUT2D eigenvalue weighted by Gasteiger charge is -2.22. The van der Waals surface area contributed by atoms with Crippen molar-refractivity contribution in [3.8, 4) is 17.1 Å². The van der Waals surface area contributed by atoms with Gasteiger partial charge in [-0.1, -0.05) is 24.3 Å². The number of ether oxygens (including phenoxy) is 2. The number of hydrogen-bond acceptors (Lipinski definition) is 5. The lowest BCUT2D eigenvalue weighted by molar-refractivity contribution is 0.0493. The highest BCUT2D eigenvalue weighted by atomic mass is 16.6. The van der Waals surface area contributed by atoms with E-state index in [2.05, 4.69) is 10.3 Å². The molecule has 0 aliphatic rings. The number of aldehydes is 1. The van der Waals surface area contributed by atoms with Gasteiger partial charge in [-0.25, -0.2) is 9.78 Å². The van der Waals surface area contributed by atoms with Crippen LogP contribution in [0, 0.1) is 0 Å². The molecule has 0 aliphatic heterocycles. The van der Waals surface area contributed by atoms with Gasteiger partial charge in [0.2, 0.25) is 5.88 Å². The highest BCUT2D eigenvalue weighted by Gasteiger charge is 2.18. The van der Waals surface area contributed by atoms with E-state index in [-0.39, 0.29) is 12.6 Å². The summed E-state index contributed by atoms with van der Waals surface area (Å²) in [5.74, 6) is 0.442. The van der Waals surface area contributed by atoms with E-state index in [1.165, 1.54) is 0 Å². The van der Waals surface area contributed by atoms with Gasteiger partial charge < -0.3 is 14.8 Å². The molecule has 138 valence electrons. The molecule has 1 heterocycles. The Morgan fingerprint density at radius 2 is 1.96 bits per heavy atom. The molecule has 26 heavy (non-hydrogen) atoms. The molecule has 2 aromatic rings. The van der Waals surface area contributed by atoms with Crippen molar-refractivity contribution in [1.82, 2.24) is 10.3 Å². The van der Waals surface area contributed by atoms with Gasteiger partial charge in [-0.05, 0) is 39.8 Å². The monoisotopic (exact) mass is 356 g/mol. The van der Waals surface area contributed by atoms with E-state index in [4.69, 9.17) is 9.47 Å². The summed E-state index contributed by atoms with van der Waals surface area (Å²) in [5.41, 5.74) is 1.58. The first-order valence-electron chi connectivity index (χ1n) is 8.42. The van der Waals surface area contributed by atoms with E-state index in [0.717, 1.165) is 11.8 Å². The summed E-state index contributed by atoms with van der Waals surface area (Å²) in [4.78, 5) is 27.1. The summed E-state index contributed by atoms with van der Waals surface area (Å²) < 4.78 is 10.9. The Hall–Kier alpha value is -2.89. The fraction of sp³-hybridized carbons (Fsp3) is 0.350. The van der Waals surface area contributed by atoms with Crippen LogP contribution >= 0.6 is 0 Å². The lowest BCUT2D eigenvalue weighted by atomic mass is 10.1. The van der Waals surface area contributed by atoms with Crippen molar-refractivity contribution >= 4 is 12.4 Å². The smallest absolute Gasteiger partial charge is 0.407 e. The topological polar surface area (TPSA) is 77.5 Å². The number of alkyl carbamates (subject to hydrolysis) is 1. The molecule has 6 nitrogen and oxygen atoms in total. The van der Waals surface area contributed by atoms with Gasteiger partial charge in [0.05, 0.1) is 11.7 Å². The van der Waals surface area contributed by atoms with Gasteiger partial charge in [-0.15, -0.1) is 0 Å². The van der Waals surface area contributed by atoms with Crippen LogP contribution in [0.5, 0.6) is 5.88 Å². The average molecular weight is 356 g/mol.